The van der Waals surface area contributed by atoms with E-state index in [1.807, 2.05) is 0 Å². The monoisotopic (exact) mass is 365 g/mol. The van der Waals surface area contributed by atoms with Gasteiger partial charge >= 0.3 is 0 Å². The number of rotatable bonds is 4. The Labute approximate surface area is 150 Å². The molecule has 1 saturated carbocycles. The third-order valence-corrected chi connectivity index (χ3v) is 5.31. The van der Waals surface area contributed by atoms with Crippen LogP contribution < -0.4 is 5.32 Å². The lowest BCUT2D eigenvalue weighted by atomic mass is 9.90. The highest BCUT2D eigenvalue weighted by atomic mass is 35.5. The van der Waals surface area contributed by atoms with Gasteiger partial charge in [0.05, 0.1) is 15.6 Å². The van der Waals surface area contributed by atoms with Crippen molar-refractivity contribution < 1.29 is 14.5 Å². The van der Waals surface area contributed by atoms with Crippen LogP contribution in [0.25, 0.3) is 0 Å². The Kier molecular flexibility index (Phi) is 4.94. The second-order valence-electron chi connectivity index (χ2n) is 6.68. The lowest BCUT2D eigenvalue weighted by Crippen LogP contribution is -2.43. The van der Waals surface area contributed by atoms with E-state index in [-0.39, 0.29) is 29.6 Å². The molecule has 0 unspecified atom stereocenters. The molecule has 8 heteroatoms. The van der Waals surface area contributed by atoms with Gasteiger partial charge in [-0.2, -0.15) is 0 Å². The molecular weight excluding hydrogens is 346 g/mol. The molecule has 2 aliphatic rings. The summed E-state index contributed by atoms with van der Waals surface area (Å²) in [5, 5.41) is 14.6. The topological polar surface area (TPSA) is 92.6 Å². The third kappa shape index (κ3) is 3.61. The minimum absolute atomic E-state index is 0.00492. The highest BCUT2D eigenvalue weighted by Gasteiger charge is 2.36. The second kappa shape index (κ2) is 7.00. The van der Waals surface area contributed by atoms with Crippen molar-refractivity contribution >= 4 is 34.8 Å². The van der Waals surface area contributed by atoms with Crippen LogP contribution in [0.2, 0.25) is 5.02 Å². The average molecular weight is 366 g/mol. The summed E-state index contributed by atoms with van der Waals surface area (Å²) >= 11 is 6.17. The van der Waals surface area contributed by atoms with Gasteiger partial charge in [-0.15, -0.1) is 0 Å². The lowest BCUT2D eigenvalue weighted by Gasteiger charge is -2.34. The Balaban J connectivity index is 1.63. The van der Waals surface area contributed by atoms with Crippen molar-refractivity contribution in [3.8, 4) is 0 Å². The van der Waals surface area contributed by atoms with E-state index >= 15 is 0 Å². The molecule has 1 aliphatic carbocycles. The maximum Gasteiger partial charge on any atom is 0.273 e. The van der Waals surface area contributed by atoms with Crippen LogP contribution in [0.5, 0.6) is 0 Å². The van der Waals surface area contributed by atoms with E-state index < -0.39 is 4.92 Å². The van der Waals surface area contributed by atoms with Gasteiger partial charge in [-0.1, -0.05) is 11.6 Å². The molecule has 0 radical (unpaired) electrons. The number of hydrogen-bond acceptors (Lipinski definition) is 5. The van der Waals surface area contributed by atoms with Crippen molar-refractivity contribution in [2.24, 2.45) is 0 Å². The number of nitrogens with one attached hydrogen (secondary N) is 1. The van der Waals surface area contributed by atoms with Crippen molar-refractivity contribution in [2.75, 3.05) is 5.32 Å². The lowest BCUT2D eigenvalue weighted by molar-refractivity contribution is -0.385. The summed E-state index contributed by atoms with van der Waals surface area (Å²) in [6, 6.07) is 3.23. The van der Waals surface area contributed by atoms with Gasteiger partial charge in [0.1, 0.15) is 0 Å². The number of carbonyl (C=O) groups is 2. The Bertz CT molecular complexity index is 713. The average Bonchev–Trinajstić information content (AvgIpc) is 2.90. The number of nitro groups is 1. The summed E-state index contributed by atoms with van der Waals surface area (Å²) in [7, 11) is 0. The summed E-state index contributed by atoms with van der Waals surface area (Å²) in [4.78, 5) is 35.6. The van der Waals surface area contributed by atoms with Gasteiger partial charge in [-0.25, -0.2) is 0 Å². The van der Waals surface area contributed by atoms with Crippen LogP contribution >= 0.6 is 11.6 Å². The molecule has 134 valence electrons. The predicted molar refractivity (Wildman–Crippen MR) is 93.6 cm³/mol. The van der Waals surface area contributed by atoms with Crippen molar-refractivity contribution in [3.05, 3.63) is 32.8 Å². The van der Waals surface area contributed by atoms with Crippen LogP contribution in [0, 0.1) is 17.0 Å². The van der Waals surface area contributed by atoms with Gasteiger partial charge in [-0.3, -0.25) is 24.6 Å². The fraction of sp³-hybridized carbons (Fsp3) is 0.529. The predicted octanol–water partition coefficient (Wildman–Crippen LogP) is 3.43. The van der Waals surface area contributed by atoms with Gasteiger partial charge < -0.3 is 5.32 Å². The molecule has 1 aromatic carbocycles. The molecule has 1 N–H and O–H groups in total. The number of anilines is 1. The molecule has 2 fully saturated rings. The maximum atomic E-state index is 11.8. The van der Waals surface area contributed by atoms with Crippen LogP contribution in [-0.2, 0) is 9.59 Å². The number of aryl methyl sites for hydroxylation is 1. The zero-order chi connectivity index (χ0) is 18.1. The molecule has 0 spiro atoms. The van der Waals surface area contributed by atoms with Gasteiger partial charge in [-0.05, 0) is 38.7 Å². The van der Waals surface area contributed by atoms with Gasteiger partial charge in [0.15, 0.2) is 0 Å². The largest absolute Gasteiger partial charge is 0.381 e. The first-order chi connectivity index (χ1) is 11.9. The van der Waals surface area contributed by atoms with Crippen LogP contribution in [0.3, 0.4) is 0 Å². The Morgan fingerprint density at radius 3 is 2.32 bits per heavy atom. The highest BCUT2D eigenvalue weighted by molar-refractivity contribution is 6.33. The van der Waals surface area contributed by atoms with Gasteiger partial charge in [0.25, 0.3) is 5.69 Å². The first kappa shape index (κ1) is 17.7. The molecule has 0 bridgehead atoms. The third-order valence-electron chi connectivity index (χ3n) is 4.99. The zero-order valence-electron chi connectivity index (χ0n) is 14.0. The van der Waals surface area contributed by atoms with E-state index in [0.29, 0.717) is 29.1 Å². The number of benzene rings is 1. The zero-order valence-corrected chi connectivity index (χ0v) is 14.7. The molecule has 2 amide bonds. The molecule has 1 heterocycles. The summed E-state index contributed by atoms with van der Waals surface area (Å²) < 4.78 is 0. The molecule has 3 rings (SSSR count). The number of halogens is 1. The molecule has 7 nitrogen and oxygen atoms in total. The molecule has 0 aromatic heterocycles. The summed E-state index contributed by atoms with van der Waals surface area (Å²) in [6.45, 7) is 1.68. The van der Waals surface area contributed by atoms with E-state index in [9.17, 15) is 19.7 Å². The molecule has 0 atom stereocenters. The van der Waals surface area contributed by atoms with Crippen LogP contribution in [0.4, 0.5) is 11.4 Å². The van der Waals surface area contributed by atoms with E-state index in [4.69, 9.17) is 11.6 Å². The minimum atomic E-state index is -0.444. The fourth-order valence-electron chi connectivity index (χ4n) is 3.68. The van der Waals surface area contributed by atoms with Gasteiger partial charge in [0, 0.05) is 36.6 Å². The van der Waals surface area contributed by atoms with Crippen LogP contribution in [0.15, 0.2) is 12.1 Å². The Hall–Kier alpha value is -2.15. The van der Waals surface area contributed by atoms with Crippen LogP contribution in [-0.4, -0.2) is 33.7 Å². The molecule has 1 aliphatic heterocycles. The number of imide groups is 1. The van der Waals surface area contributed by atoms with Crippen LogP contribution in [0.1, 0.15) is 44.1 Å². The van der Waals surface area contributed by atoms with E-state index in [1.54, 1.807) is 13.0 Å². The Morgan fingerprint density at radius 1 is 1.16 bits per heavy atom. The molecule has 1 saturated heterocycles. The van der Waals surface area contributed by atoms with Crippen molar-refractivity contribution in [2.45, 2.75) is 57.5 Å². The minimum Gasteiger partial charge on any atom is -0.381 e. The van der Waals surface area contributed by atoms with E-state index in [1.165, 1.54) is 11.0 Å². The second-order valence-corrected chi connectivity index (χ2v) is 7.09. The first-order valence-corrected chi connectivity index (χ1v) is 8.80. The van der Waals surface area contributed by atoms with E-state index in [0.717, 1.165) is 25.7 Å². The molecular formula is C17H20ClN3O4. The first-order valence-electron chi connectivity index (χ1n) is 8.42. The van der Waals surface area contributed by atoms with Crippen molar-refractivity contribution in [1.82, 2.24) is 4.90 Å². The number of carbonyl (C=O) groups excluding carboxylic acids is 2. The molecule has 1 aromatic rings. The Morgan fingerprint density at radius 2 is 1.76 bits per heavy atom. The smallest absolute Gasteiger partial charge is 0.273 e. The van der Waals surface area contributed by atoms with Crippen molar-refractivity contribution in [3.63, 3.8) is 0 Å². The number of nitrogens with zero attached hydrogens (tertiary/aromatic N) is 2. The van der Waals surface area contributed by atoms with E-state index in [2.05, 4.69) is 5.32 Å². The fourth-order valence-corrected chi connectivity index (χ4v) is 3.89. The summed E-state index contributed by atoms with van der Waals surface area (Å²) in [5.74, 6) is -0.120. The number of likely N-dealkylation sites (tertiary alicyclic amines) is 1. The van der Waals surface area contributed by atoms with Gasteiger partial charge in [0.2, 0.25) is 11.8 Å². The standard InChI is InChI=1S/C17H20ClN3O4/c1-10-8-14(13(18)9-15(10)21(24)25)19-11-2-4-12(5-3-11)20-16(22)6-7-17(20)23/h8-9,11-12,19H,2-7H2,1H3. The maximum absolute atomic E-state index is 11.8. The SMILES string of the molecule is Cc1cc(NC2CCC(N3C(=O)CCC3=O)CC2)c(Cl)cc1[N+](=O)[O-]. The normalized spacial score (nSPS) is 23.8. The number of hydrogen-bond donors (Lipinski definition) is 1. The number of amides is 2. The molecule has 25 heavy (non-hydrogen) atoms. The number of nitro benzene ring substituents is 1. The summed E-state index contributed by atoms with van der Waals surface area (Å²) in [5.41, 5.74) is 1.24. The summed E-state index contributed by atoms with van der Waals surface area (Å²) in [6.07, 6.45) is 3.81. The quantitative estimate of drug-likeness (QED) is 0.501. The van der Waals surface area contributed by atoms with Crippen molar-refractivity contribution in [1.29, 1.82) is 0 Å². The highest BCUT2D eigenvalue weighted by Crippen LogP contribution is 2.33.